The number of thiophene rings is 1. The Morgan fingerprint density at radius 1 is 1.21 bits per heavy atom. The van der Waals surface area contributed by atoms with Gasteiger partial charge < -0.3 is 24.1 Å². The maximum Gasteiger partial charge on any atom is 0.325 e. The van der Waals surface area contributed by atoms with Gasteiger partial charge in [0.05, 0.1) is 24.7 Å². The molecule has 1 aromatic carbocycles. The van der Waals surface area contributed by atoms with Gasteiger partial charge in [-0.2, -0.15) is 4.98 Å². The van der Waals surface area contributed by atoms with E-state index in [1.54, 1.807) is 42.8 Å². The Morgan fingerprint density at radius 3 is 2.79 bits per heavy atom. The summed E-state index contributed by atoms with van der Waals surface area (Å²) in [6.45, 7) is -0.469. The highest BCUT2D eigenvalue weighted by Crippen LogP contribution is 2.31. The zero-order chi connectivity index (χ0) is 19.9. The molecule has 146 valence electrons. The van der Waals surface area contributed by atoms with Crippen LogP contribution < -0.4 is 14.8 Å². The Labute approximate surface area is 164 Å². The van der Waals surface area contributed by atoms with Gasteiger partial charge in [0.15, 0.2) is 6.61 Å². The van der Waals surface area contributed by atoms with Gasteiger partial charge in [-0.1, -0.05) is 11.2 Å². The number of esters is 1. The van der Waals surface area contributed by atoms with Crippen LogP contribution in [-0.4, -0.2) is 42.8 Å². The van der Waals surface area contributed by atoms with Crippen LogP contribution in [0.2, 0.25) is 0 Å². The average molecular weight is 403 g/mol. The molecule has 0 atom stereocenters. The Hall–Kier alpha value is -3.40. The fraction of sp³-hybridized carbons (Fsp3) is 0.222. The van der Waals surface area contributed by atoms with Gasteiger partial charge in [-0.25, -0.2) is 0 Å². The minimum absolute atomic E-state index is 0.116. The van der Waals surface area contributed by atoms with Crippen molar-refractivity contribution in [1.82, 2.24) is 15.5 Å². The molecule has 2 aromatic heterocycles. The first-order valence-corrected chi connectivity index (χ1v) is 9.01. The third-order valence-electron chi connectivity index (χ3n) is 3.61. The maximum absolute atomic E-state index is 11.8. The fourth-order valence-electron chi connectivity index (χ4n) is 2.25. The molecule has 1 N–H and O–H groups in total. The van der Waals surface area contributed by atoms with Crippen molar-refractivity contribution >= 4 is 23.2 Å². The molecule has 0 aliphatic carbocycles. The van der Waals surface area contributed by atoms with Crippen LogP contribution in [0.15, 0.2) is 40.2 Å². The summed E-state index contributed by atoms with van der Waals surface area (Å²) in [6, 6.07) is 8.59. The summed E-state index contributed by atoms with van der Waals surface area (Å²) in [4.78, 5) is 28.3. The third-order valence-corrected chi connectivity index (χ3v) is 4.48. The van der Waals surface area contributed by atoms with Crippen LogP contribution in [0.4, 0.5) is 0 Å². The van der Waals surface area contributed by atoms with Gasteiger partial charge in [0.2, 0.25) is 5.82 Å². The molecule has 0 bridgehead atoms. The molecule has 0 unspecified atom stereocenters. The number of nitrogens with one attached hydrogen (secondary N) is 1. The molecule has 0 aliphatic heterocycles. The molecule has 0 aliphatic rings. The van der Waals surface area contributed by atoms with Crippen molar-refractivity contribution < 1.29 is 28.3 Å². The average Bonchev–Trinajstić information content (AvgIpc) is 3.42. The Bertz CT molecular complexity index is 954. The summed E-state index contributed by atoms with van der Waals surface area (Å²) in [7, 11) is 3.07. The molecule has 10 heteroatoms. The molecule has 28 heavy (non-hydrogen) atoms. The van der Waals surface area contributed by atoms with Crippen molar-refractivity contribution in [3.8, 4) is 22.9 Å². The Balaban J connectivity index is 1.55. The van der Waals surface area contributed by atoms with Crippen LogP contribution in [0.5, 0.6) is 11.5 Å². The smallest absolute Gasteiger partial charge is 0.325 e. The number of methoxy groups -OCH3 is 2. The van der Waals surface area contributed by atoms with Gasteiger partial charge in [-0.15, -0.1) is 11.3 Å². The summed E-state index contributed by atoms with van der Waals surface area (Å²) in [6.07, 6.45) is 0. The molecule has 9 nitrogen and oxygen atoms in total. The van der Waals surface area contributed by atoms with Gasteiger partial charge >= 0.3 is 5.97 Å². The lowest BCUT2D eigenvalue weighted by Gasteiger charge is -2.07. The second-order valence-electron chi connectivity index (χ2n) is 5.40. The van der Waals surface area contributed by atoms with Crippen LogP contribution in [0, 0.1) is 0 Å². The van der Waals surface area contributed by atoms with Gasteiger partial charge in [0.25, 0.3) is 11.8 Å². The van der Waals surface area contributed by atoms with Crippen LogP contribution >= 0.6 is 11.3 Å². The number of hydrogen-bond donors (Lipinski definition) is 1. The fourth-order valence-corrected chi connectivity index (χ4v) is 2.89. The summed E-state index contributed by atoms with van der Waals surface area (Å²) < 4.78 is 20.6. The zero-order valence-electron chi connectivity index (χ0n) is 15.1. The van der Waals surface area contributed by atoms with Gasteiger partial charge in [-0.05, 0) is 23.6 Å². The SMILES string of the molecule is COc1ccc(-c2noc(COC(=O)CNC(=O)c3cccs3)n2)c(OC)c1. The number of amides is 1. The van der Waals surface area contributed by atoms with Crippen molar-refractivity contribution in [3.05, 3.63) is 46.5 Å². The van der Waals surface area contributed by atoms with Crippen LogP contribution in [0.1, 0.15) is 15.6 Å². The molecule has 0 radical (unpaired) electrons. The molecular formula is C18H17N3O6S. The van der Waals surface area contributed by atoms with E-state index < -0.39 is 5.97 Å². The van der Waals surface area contributed by atoms with Crippen molar-refractivity contribution in [1.29, 1.82) is 0 Å². The van der Waals surface area contributed by atoms with Crippen LogP contribution in [0.25, 0.3) is 11.4 Å². The normalized spacial score (nSPS) is 10.4. The maximum atomic E-state index is 11.8. The van der Waals surface area contributed by atoms with Gasteiger partial charge in [0, 0.05) is 6.07 Å². The minimum Gasteiger partial charge on any atom is -0.497 e. The molecular weight excluding hydrogens is 386 g/mol. The van der Waals surface area contributed by atoms with Gasteiger partial charge in [-0.3, -0.25) is 9.59 Å². The van der Waals surface area contributed by atoms with Crippen LogP contribution in [0.3, 0.4) is 0 Å². The lowest BCUT2D eigenvalue weighted by Crippen LogP contribution is -2.30. The van der Waals surface area contributed by atoms with Crippen molar-refractivity contribution in [2.45, 2.75) is 6.61 Å². The quantitative estimate of drug-likeness (QED) is 0.570. The van der Waals surface area contributed by atoms with E-state index in [1.165, 1.54) is 18.4 Å². The highest BCUT2D eigenvalue weighted by Gasteiger charge is 2.16. The molecule has 1 amide bonds. The number of rotatable bonds is 8. The summed E-state index contributed by atoms with van der Waals surface area (Å²) in [5.41, 5.74) is 0.604. The second kappa shape index (κ2) is 9.00. The first kappa shape index (κ1) is 19.4. The van der Waals surface area contributed by atoms with E-state index in [-0.39, 0.29) is 30.8 Å². The molecule has 0 saturated heterocycles. The molecule has 0 spiro atoms. The molecule has 0 fully saturated rings. The van der Waals surface area contributed by atoms with E-state index in [9.17, 15) is 9.59 Å². The predicted octanol–water partition coefficient (Wildman–Crippen LogP) is 2.29. The number of carbonyl (C=O) groups is 2. The van der Waals surface area contributed by atoms with Gasteiger partial charge in [0.1, 0.15) is 18.0 Å². The summed E-state index contributed by atoms with van der Waals surface area (Å²) in [5, 5.41) is 8.13. The first-order valence-electron chi connectivity index (χ1n) is 8.13. The van der Waals surface area contributed by atoms with Crippen molar-refractivity contribution in [3.63, 3.8) is 0 Å². The van der Waals surface area contributed by atoms with E-state index in [2.05, 4.69) is 15.5 Å². The van der Waals surface area contributed by atoms with Crippen molar-refractivity contribution in [2.24, 2.45) is 0 Å². The molecule has 2 heterocycles. The number of nitrogens with zero attached hydrogens (tertiary/aromatic N) is 2. The summed E-state index contributed by atoms with van der Waals surface area (Å²) >= 11 is 1.28. The monoisotopic (exact) mass is 403 g/mol. The second-order valence-corrected chi connectivity index (χ2v) is 6.35. The number of ether oxygens (including phenoxy) is 3. The molecule has 0 saturated carbocycles. The molecule has 3 rings (SSSR count). The predicted molar refractivity (Wildman–Crippen MR) is 99.3 cm³/mol. The lowest BCUT2D eigenvalue weighted by molar-refractivity contribution is -0.144. The number of benzene rings is 1. The highest BCUT2D eigenvalue weighted by atomic mass is 32.1. The number of hydrogen-bond acceptors (Lipinski definition) is 9. The topological polar surface area (TPSA) is 113 Å². The third kappa shape index (κ3) is 4.65. The van der Waals surface area contributed by atoms with Crippen molar-refractivity contribution in [2.75, 3.05) is 20.8 Å². The number of aromatic nitrogens is 2. The van der Waals surface area contributed by atoms with E-state index in [4.69, 9.17) is 18.7 Å². The zero-order valence-corrected chi connectivity index (χ0v) is 15.9. The summed E-state index contributed by atoms with van der Waals surface area (Å²) in [5.74, 6) is 0.593. The van der Waals surface area contributed by atoms with E-state index >= 15 is 0 Å². The Morgan fingerprint density at radius 2 is 2.07 bits per heavy atom. The highest BCUT2D eigenvalue weighted by molar-refractivity contribution is 7.12. The largest absolute Gasteiger partial charge is 0.497 e. The minimum atomic E-state index is -0.619. The van der Waals surface area contributed by atoms with E-state index in [0.29, 0.717) is 21.9 Å². The first-order chi connectivity index (χ1) is 13.6. The van der Waals surface area contributed by atoms with Crippen LogP contribution in [-0.2, 0) is 16.1 Å². The van der Waals surface area contributed by atoms with E-state index in [1.807, 2.05) is 0 Å². The van der Waals surface area contributed by atoms with E-state index in [0.717, 1.165) is 0 Å². The Kier molecular flexibility index (Phi) is 6.22. The number of carbonyl (C=O) groups excluding carboxylic acids is 2. The molecule has 3 aromatic rings. The lowest BCUT2D eigenvalue weighted by atomic mass is 10.2. The standard InChI is InChI=1S/C18H17N3O6S/c1-24-11-5-6-12(13(8-11)25-2)17-20-15(27-21-17)10-26-16(22)9-19-18(23)14-4-3-7-28-14/h3-8H,9-10H2,1-2H3,(H,19,23).